The Morgan fingerprint density at radius 3 is 2.05 bits per heavy atom. The number of ether oxygens (including phenoxy) is 1. The van der Waals surface area contributed by atoms with Crippen LogP contribution < -0.4 is 0 Å². The third-order valence-corrected chi connectivity index (χ3v) is 5.69. The van der Waals surface area contributed by atoms with E-state index in [2.05, 4.69) is 48.5 Å². The van der Waals surface area contributed by atoms with E-state index in [1.807, 2.05) is 0 Å². The zero-order valence-electron chi connectivity index (χ0n) is 11.9. The summed E-state index contributed by atoms with van der Waals surface area (Å²) in [5.41, 5.74) is 5.59. The maximum absolute atomic E-state index is 11.4. The van der Waals surface area contributed by atoms with Crippen molar-refractivity contribution in [2.24, 2.45) is 5.92 Å². The zero-order valence-corrected chi connectivity index (χ0v) is 11.9. The minimum Gasteiger partial charge on any atom is -0.465 e. The van der Waals surface area contributed by atoms with Crippen molar-refractivity contribution in [1.82, 2.24) is 0 Å². The van der Waals surface area contributed by atoms with Gasteiger partial charge in [-0.1, -0.05) is 48.5 Å². The number of benzene rings is 2. The molecule has 2 atom stereocenters. The molecule has 3 aliphatic rings. The van der Waals surface area contributed by atoms with Crippen LogP contribution in [0.3, 0.4) is 0 Å². The van der Waals surface area contributed by atoms with E-state index < -0.39 is 0 Å². The summed E-state index contributed by atoms with van der Waals surface area (Å²) >= 11 is 0. The second-order valence-electron chi connectivity index (χ2n) is 6.50. The predicted molar refractivity (Wildman–Crippen MR) is 79.3 cm³/mol. The van der Waals surface area contributed by atoms with Crippen molar-refractivity contribution < 1.29 is 9.53 Å². The highest BCUT2D eigenvalue weighted by Crippen LogP contribution is 2.80. The Bertz CT molecular complexity index is 723. The first kappa shape index (κ1) is 11.6. The molecule has 2 heteroatoms. The topological polar surface area (TPSA) is 26.3 Å². The van der Waals surface area contributed by atoms with E-state index >= 15 is 0 Å². The van der Waals surface area contributed by atoms with Crippen molar-refractivity contribution in [1.29, 1.82) is 0 Å². The molecule has 21 heavy (non-hydrogen) atoms. The van der Waals surface area contributed by atoms with Crippen LogP contribution in [0.25, 0.3) is 0 Å². The van der Waals surface area contributed by atoms with E-state index in [1.165, 1.54) is 29.2 Å². The number of hydrogen-bond donors (Lipinski definition) is 0. The average molecular weight is 276 g/mol. The minimum absolute atomic E-state index is 0.103. The van der Waals surface area contributed by atoms with Gasteiger partial charge in [-0.2, -0.15) is 0 Å². The quantitative estimate of drug-likeness (QED) is 0.786. The van der Waals surface area contributed by atoms with Gasteiger partial charge in [0.1, 0.15) is 6.61 Å². The van der Waals surface area contributed by atoms with Gasteiger partial charge in [-0.25, -0.2) is 0 Å². The molecule has 0 amide bonds. The first-order chi connectivity index (χ1) is 10.2. The molecule has 2 aromatic rings. The van der Waals surface area contributed by atoms with Crippen LogP contribution in [-0.4, -0.2) is 12.6 Å². The van der Waals surface area contributed by atoms with Crippen LogP contribution in [0.1, 0.15) is 41.0 Å². The van der Waals surface area contributed by atoms with E-state index in [-0.39, 0.29) is 11.4 Å². The van der Waals surface area contributed by atoms with Crippen LogP contribution in [0.15, 0.2) is 48.5 Å². The summed E-state index contributed by atoms with van der Waals surface area (Å²) in [6.45, 7) is 1.98. The Labute approximate surface area is 123 Å². The van der Waals surface area contributed by atoms with Crippen molar-refractivity contribution in [3.63, 3.8) is 0 Å². The molecule has 104 valence electrons. The fraction of sp³-hybridized carbons (Fsp3) is 0.316. The van der Waals surface area contributed by atoms with Crippen LogP contribution in [-0.2, 0) is 14.9 Å². The van der Waals surface area contributed by atoms with Crippen molar-refractivity contribution in [2.45, 2.75) is 24.2 Å². The third kappa shape index (κ3) is 1.18. The molecular weight excluding hydrogens is 260 g/mol. The molecule has 0 aliphatic heterocycles. The van der Waals surface area contributed by atoms with Crippen LogP contribution in [0.2, 0.25) is 0 Å². The molecule has 2 aromatic carbocycles. The van der Waals surface area contributed by atoms with Gasteiger partial charge in [-0.15, -0.1) is 0 Å². The zero-order chi connectivity index (χ0) is 14.2. The lowest BCUT2D eigenvalue weighted by Gasteiger charge is -2.30. The van der Waals surface area contributed by atoms with Gasteiger partial charge in [0, 0.05) is 6.92 Å². The molecule has 2 nitrogen and oxygen atoms in total. The van der Waals surface area contributed by atoms with Crippen molar-refractivity contribution in [2.75, 3.05) is 6.61 Å². The summed E-state index contributed by atoms with van der Waals surface area (Å²) in [5, 5.41) is 0. The van der Waals surface area contributed by atoms with Crippen molar-refractivity contribution >= 4 is 5.97 Å². The Morgan fingerprint density at radius 1 is 1.00 bits per heavy atom. The summed E-state index contributed by atoms with van der Waals surface area (Å²) in [7, 11) is 0. The number of rotatable bonds is 2. The summed E-state index contributed by atoms with van der Waals surface area (Å²) in [6.07, 6.45) is 0. The molecule has 0 bridgehead atoms. The normalized spacial score (nSPS) is 33.1. The summed E-state index contributed by atoms with van der Waals surface area (Å²) in [4.78, 5) is 11.4. The smallest absolute Gasteiger partial charge is 0.302 e. The van der Waals surface area contributed by atoms with Crippen molar-refractivity contribution in [3.05, 3.63) is 70.8 Å². The summed E-state index contributed by atoms with van der Waals surface area (Å²) < 4.78 is 5.52. The molecule has 0 N–H and O–H groups in total. The van der Waals surface area contributed by atoms with Gasteiger partial charge in [-0.05, 0) is 40.0 Å². The van der Waals surface area contributed by atoms with Gasteiger partial charge >= 0.3 is 5.97 Å². The minimum atomic E-state index is -0.188. The molecule has 0 heterocycles. The molecule has 5 rings (SSSR count). The van der Waals surface area contributed by atoms with E-state index in [9.17, 15) is 4.79 Å². The number of fused-ring (bicyclic) bond motifs is 7. The molecule has 0 unspecified atom stereocenters. The Kier molecular flexibility index (Phi) is 1.96. The Morgan fingerprint density at radius 2 is 1.52 bits per heavy atom. The van der Waals surface area contributed by atoms with Gasteiger partial charge < -0.3 is 4.74 Å². The summed E-state index contributed by atoms with van der Waals surface area (Å²) in [6, 6.07) is 17.4. The number of carbonyl (C=O) groups is 1. The average Bonchev–Trinajstić information content (AvgIpc) is 3.11. The van der Waals surface area contributed by atoms with Gasteiger partial charge in [0.15, 0.2) is 0 Å². The van der Waals surface area contributed by atoms with Crippen LogP contribution >= 0.6 is 0 Å². The standard InChI is InChI=1S/C19H16O2/c1-11(20)21-10-19-14-8-4-2-6-12(14)16-17(18(16)19)13-7-3-5-9-15(13)19/h2-9,16-18H,10H2,1H3/t16-,17-,18?,19?/m1/s1. The highest BCUT2D eigenvalue weighted by Gasteiger charge is 2.74. The van der Waals surface area contributed by atoms with E-state index in [0.29, 0.717) is 24.4 Å². The molecular formula is C19H16O2. The Hall–Kier alpha value is -2.09. The molecule has 0 spiro atoms. The maximum Gasteiger partial charge on any atom is 0.302 e. The Balaban J connectivity index is 1.76. The highest BCUT2D eigenvalue weighted by molar-refractivity contribution is 5.70. The molecule has 0 aromatic heterocycles. The first-order valence-corrected chi connectivity index (χ1v) is 7.57. The molecule has 1 saturated carbocycles. The predicted octanol–water partition coefficient (Wildman–Crippen LogP) is 3.36. The third-order valence-electron chi connectivity index (χ3n) is 5.69. The largest absolute Gasteiger partial charge is 0.465 e. The molecule has 0 saturated heterocycles. The van der Waals surface area contributed by atoms with E-state index in [4.69, 9.17) is 4.74 Å². The monoisotopic (exact) mass is 276 g/mol. The lowest BCUT2D eigenvalue weighted by molar-refractivity contribution is -0.142. The molecule has 1 fully saturated rings. The van der Waals surface area contributed by atoms with Crippen LogP contribution in [0.4, 0.5) is 0 Å². The van der Waals surface area contributed by atoms with E-state index in [1.54, 1.807) is 0 Å². The molecule has 0 radical (unpaired) electrons. The first-order valence-electron chi connectivity index (χ1n) is 7.57. The lowest BCUT2D eigenvalue weighted by Crippen LogP contribution is -2.33. The van der Waals surface area contributed by atoms with Crippen LogP contribution in [0.5, 0.6) is 0 Å². The van der Waals surface area contributed by atoms with Gasteiger partial charge in [-0.3, -0.25) is 4.79 Å². The highest BCUT2D eigenvalue weighted by atomic mass is 16.5. The van der Waals surface area contributed by atoms with Crippen LogP contribution in [0, 0.1) is 5.92 Å². The second kappa shape index (κ2) is 3.56. The SMILES string of the molecule is CC(=O)OCC12c3ccccc3[C@H]3C1[C@@H]3c1ccccc12. The maximum atomic E-state index is 11.4. The number of esters is 1. The van der Waals surface area contributed by atoms with Gasteiger partial charge in [0.25, 0.3) is 0 Å². The van der Waals surface area contributed by atoms with Gasteiger partial charge in [0.2, 0.25) is 0 Å². The van der Waals surface area contributed by atoms with Crippen molar-refractivity contribution in [3.8, 4) is 0 Å². The van der Waals surface area contributed by atoms with E-state index in [0.717, 1.165) is 0 Å². The fourth-order valence-corrected chi connectivity index (χ4v) is 5.06. The number of hydrogen-bond acceptors (Lipinski definition) is 2. The summed E-state index contributed by atoms with van der Waals surface area (Å²) in [5.74, 6) is 1.66. The van der Waals surface area contributed by atoms with Gasteiger partial charge in [0.05, 0.1) is 5.41 Å². The molecule has 3 aliphatic carbocycles. The second-order valence-corrected chi connectivity index (χ2v) is 6.50. The number of carbonyl (C=O) groups excluding carboxylic acids is 1. The lowest BCUT2D eigenvalue weighted by atomic mass is 9.76. The fourth-order valence-electron chi connectivity index (χ4n) is 5.06.